The Kier molecular flexibility index (Phi) is 5.51. The number of aromatic hydroxyl groups is 2. The number of phenols is 2. The third-order valence-electron chi connectivity index (χ3n) is 4.27. The lowest BCUT2D eigenvalue weighted by Gasteiger charge is -2.26. The van der Waals surface area contributed by atoms with Crippen molar-refractivity contribution in [3.05, 3.63) is 47.5 Å². The molecule has 0 heterocycles. The van der Waals surface area contributed by atoms with Gasteiger partial charge in [-0.1, -0.05) is 65.8 Å². The van der Waals surface area contributed by atoms with Crippen molar-refractivity contribution in [3.63, 3.8) is 0 Å². The summed E-state index contributed by atoms with van der Waals surface area (Å²) in [5, 5.41) is 23.2. The van der Waals surface area contributed by atoms with Crippen molar-refractivity contribution in [2.75, 3.05) is 7.11 Å². The van der Waals surface area contributed by atoms with Gasteiger partial charge in [-0.15, -0.1) is 0 Å². The van der Waals surface area contributed by atoms with Crippen molar-refractivity contribution in [2.24, 2.45) is 0 Å². The van der Waals surface area contributed by atoms with E-state index in [1.807, 2.05) is 36.4 Å². The van der Waals surface area contributed by atoms with Crippen LogP contribution < -0.4 is 10.6 Å². The number of hydrogen-bond acceptors (Lipinski definition) is 3. The average molecular weight is 360 g/mol. The Morgan fingerprint density at radius 1 is 0.720 bits per heavy atom. The Morgan fingerprint density at radius 2 is 1.08 bits per heavy atom. The molecule has 2 aromatic rings. The molecule has 25 heavy (non-hydrogen) atoms. The molecule has 0 aromatic heterocycles. The van der Waals surface area contributed by atoms with Gasteiger partial charge in [-0.25, -0.2) is 0 Å². The highest BCUT2D eigenvalue weighted by Crippen LogP contribution is 2.44. The molecule has 0 aliphatic carbocycles. The molecular formula is C21H29O3P. The highest BCUT2D eigenvalue weighted by atomic mass is 31.1. The molecular weight excluding hydrogens is 331 g/mol. The first-order valence-electron chi connectivity index (χ1n) is 8.47. The van der Waals surface area contributed by atoms with E-state index in [1.54, 1.807) is 7.11 Å². The number of para-hydroxylation sites is 2. The standard InChI is InChI=1S/C21H29O3P/c1-20(2,3)14-10-8-12-16(18(14)22)25(24-7)17-13-9-11-15(19(17)23)21(4,5)6/h8-13,22-23H,1-7H3. The van der Waals surface area contributed by atoms with Crippen LogP contribution in [-0.2, 0) is 15.4 Å². The van der Waals surface area contributed by atoms with Gasteiger partial charge in [-0.3, -0.25) is 0 Å². The van der Waals surface area contributed by atoms with E-state index in [2.05, 4.69) is 41.5 Å². The summed E-state index contributed by atoms with van der Waals surface area (Å²) in [6.45, 7) is 12.4. The highest BCUT2D eigenvalue weighted by molar-refractivity contribution is 7.69. The van der Waals surface area contributed by atoms with E-state index in [9.17, 15) is 10.2 Å². The third-order valence-corrected chi connectivity index (χ3v) is 6.23. The fourth-order valence-electron chi connectivity index (χ4n) is 2.93. The molecule has 4 heteroatoms. The molecule has 0 unspecified atom stereocenters. The zero-order valence-electron chi connectivity index (χ0n) is 16.2. The molecule has 2 N–H and O–H groups in total. The topological polar surface area (TPSA) is 49.7 Å². The molecule has 0 atom stereocenters. The number of phenolic OH excluding ortho intramolecular Hbond substituents is 2. The van der Waals surface area contributed by atoms with E-state index in [0.29, 0.717) is 0 Å². The van der Waals surface area contributed by atoms with E-state index in [1.165, 1.54) is 0 Å². The Bertz CT molecular complexity index is 691. The molecule has 2 rings (SSSR count). The van der Waals surface area contributed by atoms with Crippen LogP contribution in [0.3, 0.4) is 0 Å². The van der Waals surface area contributed by atoms with Gasteiger partial charge in [0, 0.05) is 17.7 Å². The Morgan fingerprint density at radius 3 is 1.36 bits per heavy atom. The van der Waals surface area contributed by atoms with Crippen molar-refractivity contribution in [2.45, 2.75) is 52.4 Å². The number of hydrogen-bond donors (Lipinski definition) is 2. The van der Waals surface area contributed by atoms with Gasteiger partial charge in [0.2, 0.25) is 0 Å². The Hall–Kier alpha value is -1.57. The van der Waals surface area contributed by atoms with Crippen LogP contribution in [0.1, 0.15) is 52.7 Å². The number of rotatable bonds is 3. The van der Waals surface area contributed by atoms with E-state index < -0.39 is 8.15 Å². The molecule has 0 saturated carbocycles. The molecule has 0 bridgehead atoms. The van der Waals surface area contributed by atoms with Gasteiger partial charge in [-0.2, -0.15) is 0 Å². The largest absolute Gasteiger partial charge is 0.507 e. The fraction of sp³-hybridized carbons (Fsp3) is 0.429. The van der Waals surface area contributed by atoms with Crippen LogP contribution in [-0.4, -0.2) is 17.3 Å². The number of benzene rings is 2. The van der Waals surface area contributed by atoms with Crippen molar-refractivity contribution in [1.29, 1.82) is 0 Å². The second-order valence-electron chi connectivity index (χ2n) is 8.32. The first kappa shape index (κ1) is 19.8. The molecule has 0 aliphatic rings. The van der Waals surface area contributed by atoms with Crippen LogP contribution in [0.4, 0.5) is 0 Å². The lowest BCUT2D eigenvalue weighted by atomic mass is 9.86. The van der Waals surface area contributed by atoms with Gasteiger partial charge in [0.25, 0.3) is 0 Å². The molecule has 2 aromatic carbocycles. The SMILES string of the molecule is COP(c1cccc(C(C)(C)C)c1O)c1cccc(C(C)(C)C)c1O. The summed E-state index contributed by atoms with van der Waals surface area (Å²) in [5.41, 5.74) is 1.40. The predicted octanol–water partition coefficient (Wildman–Crippen LogP) is 4.69. The van der Waals surface area contributed by atoms with Crippen molar-refractivity contribution in [1.82, 2.24) is 0 Å². The molecule has 3 nitrogen and oxygen atoms in total. The first-order chi connectivity index (χ1) is 11.5. The van der Waals surface area contributed by atoms with Crippen LogP contribution in [0.15, 0.2) is 36.4 Å². The molecule has 136 valence electrons. The lowest BCUT2D eigenvalue weighted by Crippen LogP contribution is -2.21. The summed E-state index contributed by atoms with van der Waals surface area (Å²) in [5.74, 6) is 0.507. The van der Waals surface area contributed by atoms with Crippen LogP contribution in [0.25, 0.3) is 0 Å². The van der Waals surface area contributed by atoms with E-state index in [4.69, 9.17) is 4.52 Å². The molecule has 0 amide bonds. The van der Waals surface area contributed by atoms with E-state index in [0.717, 1.165) is 21.7 Å². The quantitative estimate of drug-likeness (QED) is 0.781. The van der Waals surface area contributed by atoms with E-state index in [-0.39, 0.29) is 22.3 Å². The van der Waals surface area contributed by atoms with Gasteiger partial charge in [0.05, 0.1) is 8.15 Å². The Balaban J connectivity index is 2.64. The summed E-state index contributed by atoms with van der Waals surface area (Å²) >= 11 is 0. The summed E-state index contributed by atoms with van der Waals surface area (Å²) in [7, 11) is 0.306. The van der Waals surface area contributed by atoms with Gasteiger partial charge in [0.15, 0.2) is 0 Å². The normalized spacial score (nSPS) is 12.6. The smallest absolute Gasteiger partial charge is 0.129 e. The van der Waals surface area contributed by atoms with Gasteiger partial charge >= 0.3 is 0 Å². The van der Waals surface area contributed by atoms with Gasteiger partial charge in [0.1, 0.15) is 11.5 Å². The minimum Gasteiger partial charge on any atom is -0.507 e. The molecule has 0 saturated heterocycles. The van der Waals surface area contributed by atoms with Crippen molar-refractivity contribution >= 4 is 18.8 Å². The maximum Gasteiger partial charge on any atom is 0.129 e. The minimum absolute atomic E-state index is 0.176. The highest BCUT2D eigenvalue weighted by Gasteiger charge is 2.28. The summed E-state index contributed by atoms with van der Waals surface area (Å²) in [6.07, 6.45) is 0. The summed E-state index contributed by atoms with van der Waals surface area (Å²) in [6, 6.07) is 11.5. The Labute approximate surface area is 152 Å². The third kappa shape index (κ3) is 3.99. The zero-order valence-corrected chi connectivity index (χ0v) is 17.1. The van der Waals surface area contributed by atoms with Crippen LogP contribution >= 0.6 is 8.15 Å². The van der Waals surface area contributed by atoms with Crippen LogP contribution in [0.2, 0.25) is 0 Å². The maximum absolute atomic E-state index is 10.9. The van der Waals surface area contributed by atoms with Crippen molar-refractivity contribution in [3.8, 4) is 11.5 Å². The van der Waals surface area contributed by atoms with Crippen molar-refractivity contribution < 1.29 is 14.7 Å². The zero-order chi connectivity index (χ0) is 19.0. The maximum atomic E-state index is 10.9. The fourth-order valence-corrected chi connectivity index (χ4v) is 4.65. The monoisotopic (exact) mass is 360 g/mol. The van der Waals surface area contributed by atoms with Crippen LogP contribution in [0, 0.1) is 0 Å². The van der Waals surface area contributed by atoms with E-state index >= 15 is 0 Å². The van der Waals surface area contributed by atoms with Gasteiger partial charge in [-0.05, 0) is 34.1 Å². The molecule has 0 fully saturated rings. The van der Waals surface area contributed by atoms with Gasteiger partial charge < -0.3 is 14.7 Å². The summed E-state index contributed by atoms with van der Waals surface area (Å²) < 4.78 is 5.76. The average Bonchev–Trinajstić information content (AvgIpc) is 2.48. The molecule has 0 aliphatic heterocycles. The van der Waals surface area contributed by atoms with Crippen LogP contribution in [0.5, 0.6) is 11.5 Å². The summed E-state index contributed by atoms with van der Waals surface area (Å²) in [4.78, 5) is 0. The second-order valence-corrected chi connectivity index (χ2v) is 10.2. The predicted molar refractivity (Wildman–Crippen MR) is 107 cm³/mol. The second kappa shape index (κ2) is 6.97. The lowest BCUT2D eigenvalue weighted by molar-refractivity contribution is 0.442. The minimum atomic E-state index is -1.32. The molecule has 0 radical (unpaired) electrons. The first-order valence-corrected chi connectivity index (χ1v) is 9.73. The molecule has 0 spiro atoms.